The van der Waals surface area contributed by atoms with Gasteiger partial charge in [-0.25, -0.2) is 0 Å². The van der Waals surface area contributed by atoms with Gasteiger partial charge in [-0.2, -0.15) is 0 Å². The summed E-state index contributed by atoms with van der Waals surface area (Å²) < 4.78 is 1.82. The molecule has 1 heterocycles. The fourth-order valence-corrected chi connectivity index (χ4v) is 4.36. The van der Waals surface area contributed by atoms with Gasteiger partial charge in [-0.3, -0.25) is 9.98 Å². The summed E-state index contributed by atoms with van der Waals surface area (Å²) in [6.45, 7) is 3.85. The SMILES string of the molecule is CN1CCN(C)Cc2cc(Br)cc(c2O)C=NCCN=Cc2cc(Br)cc(c2O)C1.[Cu]. The number of hydrogen-bond acceptors (Lipinski definition) is 6. The largest absolute Gasteiger partial charge is 0.507 e. The third-order valence-electron chi connectivity index (χ3n) is 4.93. The number of likely N-dealkylation sites (N-methyl/N-ethyl adjacent to an activating group) is 2. The van der Waals surface area contributed by atoms with Gasteiger partial charge >= 0.3 is 0 Å². The smallest absolute Gasteiger partial charge is 0.128 e. The number of aliphatic imine (C=N–C) groups is 2. The number of fused-ring (bicyclic) bond motifs is 4. The van der Waals surface area contributed by atoms with E-state index in [-0.39, 0.29) is 28.6 Å². The molecule has 0 aromatic heterocycles. The van der Waals surface area contributed by atoms with Gasteiger partial charge in [0.15, 0.2) is 0 Å². The monoisotopic (exact) mass is 599 g/mol. The van der Waals surface area contributed by atoms with Gasteiger partial charge in [0.05, 0.1) is 13.1 Å². The number of halogens is 2. The van der Waals surface area contributed by atoms with Crippen molar-refractivity contribution in [1.29, 1.82) is 0 Å². The van der Waals surface area contributed by atoms with Crippen LogP contribution in [0.3, 0.4) is 0 Å². The van der Waals surface area contributed by atoms with E-state index in [1.54, 1.807) is 12.4 Å². The number of hydrogen-bond donors (Lipinski definition) is 2. The van der Waals surface area contributed by atoms with E-state index in [1.165, 1.54) is 0 Å². The molecule has 0 atom stereocenters. The molecular formula is C22H26Br2CuN4O2. The van der Waals surface area contributed by atoms with E-state index in [1.807, 2.05) is 38.4 Å². The Morgan fingerprint density at radius 2 is 1.13 bits per heavy atom. The number of benzene rings is 2. The van der Waals surface area contributed by atoms with Crippen molar-refractivity contribution < 1.29 is 27.3 Å². The molecule has 31 heavy (non-hydrogen) atoms. The van der Waals surface area contributed by atoms with Crippen LogP contribution in [0.15, 0.2) is 43.2 Å². The van der Waals surface area contributed by atoms with E-state index >= 15 is 0 Å². The Morgan fingerprint density at radius 3 is 1.52 bits per heavy atom. The van der Waals surface area contributed by atoms with Crippen LogP contribution in [0.5, 0.6) is 11.5 Å². The van der Waals surface area contributed by atoms with Gasteiger partial charge in [-0.15, -0.1) is 0 Å². The van der Waals surface area contributed by atoms with Crippen LogP contribution < -0.4 is 0 Å². The van der Waals surface area contributed by atoms with Crippen LogP contribution in [0.1, 0.15) is 22.3 Å². The molecule has 9 heteroatoms. The zero-order valence-electron chi connectivity index (χ0n) is 17.4. The van der Waals surface area contributed by atoms with Crippen LogP contribution in [0.25, 0.3) is 0 Å². The topological polar surface area (TPSA) is 71.7 Å². The van der Waals surface area contributed by atoms with Crippen molar-refractivity contribution in [3.05, 3.63) is 55.5 Å². The van der Waals surface area contributed by atoms with Crippen LogP contribution in [0.4, 0.5) is 0 Å². The predicted octanol–water partition coefficient (Wildman–Crippen LogP) is 4.04. The molecule has 0 unspecified atom stereocenters. The maximum Gasteiger partial charge on any atom is 0.128 e. The van der Waals surface area contributed by atoms with Crippen molar-refractivity contribution in [2.45, 2.75) is 13.1 Å². The molecule has 0 saturated heterocycles. The minimum Gasteiger partial charge on any atom is -0.507 e. The van der Waals surface area contributed by atoms with Crippen LogP contribution in [-0.4, -0.2) is 72.7 Å². The zero-order chi connectivity index (χ0) is 21.7. The first-order valence-corrected chi connectivity index (χ1v) is 11.3. The van der Waals surface area contributed by atoms with Crippen molar-refractivity contribution >= 4 is 44.3 Å². The van der Waals surface area contributed by atoms with Crippen molar-refractivity contribution in [2.75, 3.05) is 40.3 Å². The van der Waals surface area contributed by atoms with Crippen LogP contribution in [-0.2, 0) is 30.2 Å². The first kappa shape index (κ1) is 26.0. The van der Waals surface area contributed by atoms with Crippen molar-refractivity contribution in [2.24, 2.45) is 9.98 Å². The molecule has 0 amide bonds. The number of nitrogens with zero attached hydrogens (tertiary/aromatic N) is 4. The molecule has 0 spiro atoms. The van der Waals surface area contributed by atoms with Gasteiger partial charge in [0.2, 0.25) is 0 Å². The Kier molecular flexibility index (Phi) is 10.2. The first-order valence-electron chi connectivity index (χ1n) is 9.73. The Balaban J connectivity index is 0.00000341. The zero-order valence-corrected chi connectivity index (χ0v) is 21.6. The van der Waals surface area contributed by atoms with Crippen LogP contribution >= 0.6 is 31.9 Å². The second kappa shape index (κ2) is 12.1. The Hall–Kier alpha value is -1.22. The molecule has 1 radical (unpaired) electrons. The predicted molar refractivity (Wildman–Crippen MR) is 129 cm³/mol. The van der Waals surface area contributed by atoms with Crippen molar-refractivity contribution in [3.8, 4) is 11.5 Å². The maximum absolute atomic E-state index is 10.7. The number of phenolic OH excluding ortho intramolecular Hbond substituents is 2. The van der Waals surface area contributed by atoms with Crippen molar-refractivity contribution in [1.82, 2.24) is 9.80 Å². The van der Waals surface area contributed by atoms with Gasteiger partial charge in [-0.05, 0) is 38.4 Å². The Morgan fingerprint density at radius 1 is 0.742 bits per heavy atom. The Labute approximate surface area is 210 Å². The first-order chi connectivity index (χ1) is 14.3. The van der Waals surface area contributed by atoms with Crippen LogP contribution in [0.2, 0.25) is 0 Å². The molecule has 3 rings (SSSR count). The molecule has 2 N–H and O–H groups in total. The minimum atomic E-state index is 0. The molecule has 1 aliphatic rings. The van der Waals surface area contributed by atoms with E-state index in [2.05, 4.69) is 51.6 Å². The van der Waals surface area contributed by atoms with E-state index in [9.17, 15) is 10.2 Å². The second-order valence-electron chi connectivity index (χ2n) is 7.55. The minimum absolute atomic E-state index is 0. The van der Waals surface area contributed by atoms with Gasteiger partial charge < -0.3 is 20.0 Å². The number of aromatic hydroxyl groups is 2. The van der Waals surface area contributed by atoms with E-state index in [4.69, 9.17) is 0 Å². The number of phenols is 2. The molecule has 2 aromatic rings. The number of rotatable bonds is 0. The second-order valence-corrected chi connectivity index (χ2v) is 9.38. The van der Waals surface area contributed by atoms with Gasteiger partial charge in [0.1, 0.15) is 11.5 Å². The fraction of sp³-hybridized carbons (Fsp3) is 0.364. The van der Waals surface area contributed by atoms with Crippen LogP contribution in [0, 0.1) is 0 Å². The maximum atomic E-state index is 10.7. The summed E-state index contributed by atoms with van der Waals surface area (Å²) in [6.07, 6.45) is 3.37. The molecule has 1 aliphatic heterocycles. The molecule has 171 valence electrons. The van der Waals surface area contributed by atoms with E-state index < -0.39 is 0 Å². The van der Waals surface area contributed by atoms with Crippen molar-refractivity contribution in [3.63, 3.8) is 0 Å². The molecule has 0 fully saturated rings. The summed E-state index contributed by atoms with van der Waals surface area (Å²) in [5.41, 5.74) is 3.07. The molecular weight excluding hydrogens is 576 g/mol. The summed E-state index contributed by atoms with van der Waals surface area (Å²) in [5, 5.41) is 21.3. The third kappa shape index (κ3) is 7.41. The fourth-order valence-electron chi connectivity index (χ4n) is 3.32. The summed E-state index contributed by atoms with van der Waals surface area (Å²) in [4.78, 5) is 13.1. The molecule has 0 aliphatic carbocycles. The molecule has 6 nitrogen and oxygen atoms in total. The van der Waals surface area contributed by atoms with Gasteiger partial charge in [0, 0.05) is 86.9 Å². The standard InChI is InChI=1S/C22H26Br2N4O2.Cu/c1-27-5-6-28(2)14-18-10-20(24)8-16(22(18)30)12-26-4-3-25-11-15-7-19(23)9-17(13-27)21(15)29;/h7-12,29-30H,3-6,13-14H2,1-2H3;. The molecule has 2 aromatic carbocycles. The summed E-state index contributed by atoms with van der Waals surface area (Å²) in [7, 11) is 4.07. The Bertz CT molecular complexity index is 892. The molecule has 4 bridgehead atoms. The summed E-state index contributed by atoms with van der Waals surface area (Å²) >= 11 is 7.06. The third-order valence-corrected chi connectivity index (χ3v) is 5.84. The molecule has 0 saturated carbocycles. The average Bonchev–Trinajstić information content (AvgIpc) is 2.68. The average molecular weight is 602 g/mol. The normalized spacial score (nSPS) is 16.4. The summed E-state index contributed by atoms with van der Waals surface area (Å²) in [5.74, 6) is 0.521. The van der Waals surface area contributed by atoms with E-state index in [0.29, 0.717) is 37.3 Å². The van der Waals surface area contributed by atoms with Gasteiger partial charge in [0.25, 0.3) is 0 Å². The summed E-state index contributed by atoms with van der Waals surface area (Å²) in [6, 6.07) is 7.60. The van der Waals surface area contributed by atoms with Gasteiger partial charge in [-0.1, -0.05) is 31.9 Å². The van der Waals surface area contributed by atoms with E-state index in [0.717, 1.165) is 33.2 Å². The quantitative estimate of drug-likeness (QED) is 0.448.